The van der Waals surface area contributed by atoms with Crippen LogP contribution in [0.25, 0.3) is 0 Å². The van der Waals surface area contributed by atoms with Crippen LogP contribution in [-0.2, 0) is 10.2 Å². The summed E-state index contributed by atoms with van der Waals surface area (Å²) in [4.78, 5) is 8.12. The first-order valence-corrected chi connectivity index (χ1v) is 7.38. The molecular formula is C10H15ClN4O2S. The second kappa shape index (κ2) is 5.08. The molecule has 18 heavy (non-hydrogen) atoms. The molecule has 8 heteroatoms. The van der Waals surface area contributed by atoms with Gasteiger partial charge in [0.05, 0.1) is 11.7 Å². The Bertz CT molecular complexity index is 534. The van der Waals surface area contributed by atoms with Gasteiger partial charge in [-0.05, 0) is 12.8 Å². The second-order valence-electron chi connectivity index (χ2n) is 4.29. The molecule has 0 amide bonds. The quantitative estimate of drug-likeness (QED) is 0.835. The van der Waals surface area contributed by atoms with Crippen molar-refractivity contribution in [3.8, 4) is 0 Å². The third-order valence-corrected chi connectivity index (χ3v) is 5.20. The average Bonchev–Trinajstić information content (AvgIpc) is 2.78. The third kappa shape index (κ3) is 2.35. The van der Waals surface area contributed by atoms with E-state index in [2.05, 4.69) is 9.97 Å². The predicted molar refractivity (Wildman–Crippen MR) is 68.3 cm³/mol. The Morgan fingerprint density at radius 1 is 1.39 bits per heavy atom. The zero-order chi connectivity index (χ0) is 13.3. The highest BCUT2D eigenvalue weighted by Crippen LogP contribution is 2.35. The van der Waals surface area contributed by atoms with E-state index in [1.807, 2.05) is 0 Å². The van der Waals surface area contributed by atoms with Crippen molar-refractivity contribution in [1.29, 1.82) is 0 Å². The first-order valence-electron chi connectivity index (χ1n) is 5.60. The van der Waals surface area contributed by atoms with Gasteiger partial charge in [-0.25, -0.2) is 4.98 Å². The van der Waals surface area contributed by atoms with Crippen molar-refractivity contribution in [2.24, 2.45) is 0 Å². The molecule has 1 aliphatic rings. The van der Waals surface area contributed by atoms with Crippen molar-refractivity contribution < 1.29 is 8.42 Å². The van der Waals surface area contributed by atoms with Crippen LogP contribution in [0.15, 0.2) is 12.4 Å². The number of halogens is 1. The fourth-order valence-electron chi connectivity index (χ4n) is 2.05. The Kier molecular flexibility index (Phi) is 3.86. The Balaban J connectivity index is 2.38. The van der Waals surface area contributed by atoms with Crippen LogP contribution in [0.5, 0.6) is 0 Å². The Morgan fingerprint density at radius 2 is 2.06 bits per heavy atom. The van der Waals surface area contributed by atoms with Gasteiger partial charge in [-0.2, -0.15) is 17.0 Å². The minimum absolute atomic E-state index is 0.267. The molecule has 1 saturated heterocycles. The molecule has 6 nitrogen and oxygen atoms in total. The third-order valence-electron chi connectivity index (χ3n) is 2.96. The SMILES string of the molecule is CN(C)S(=O)(=O)N1CCC[C@H]1c1nccnc1Cl. The van der Waals surface area contributed by atoms with E-state index >= 15 is 0 Å². The van der Waals surface area contributed by atoms with E-state index < -0.39 is 10.2 Å². The minimum Gasteiger partial charge on any atom is -0.255 e. The normalized spacial score (nSPS) is 21.7. The summed E-state index contributed by atoms with van der Waals surface area (Å²) in [6, 6.07) is -0.321. The van der Waals surface area contributed by atoms with Gasteiger partial charge in [0.25, 0.3) is 10.2 Å². The van der Waals surface area contributed by atoms with Crippen LogP contribution in [0.3, 0.4) is 0 Å². The molecule has 0 saturated carbocycles. The number of hydrogen-bond donors (Lipinski definition) is 0. The van der Waals surface area contributed by atoms with Crippen molar-refractivity contribution in [1.82, 2.24) is 18.6 Å². The molecule has 2 heterocycles. The zero-order valence-electron chi connectivity index (χ0n) is 10.2. The first kappa shape index (κ1) is 13.7. The van der Waals surface area contributed by atoms with Crippen LogP contribution in [-0.4, -0.2) is 47.6 Å². The van der Waals surface area contributed by atoms with E-state index in [4.69, 9.17) is 11.6 Å². The Morgan fingerprint density at radius 3 is 2.67 bits per heavy atom. The summed E-state index contributed by atoms with van der Waals surface area (Å²) < 4.78 is 27.0. The molecule has 1 fully saturated rings. The lowest BCUT2D eigenvalue weighted by atomic mass is 10.2. The average molecular weight is 291 g/mol. The van der Waals surface area contributed by atoms with E-state index in [1.54, 1.807) is 0 Å². The largest absolute Gasteiger partial charge is 0.282 e. The molecule has 0 aliphatic carbocycles. The summed E-state index contributed by atoms with van der Waals surface area (Å²) >= 11 is 5.99. The van der Waals surface area contributed by atoms with Gasteiger partial charge in [0.15, 0.2) is 5.15 Å². The van der Waals surface area contributed by atoms with Crippen LogP contribution in [0, 0.1) is 0 Å². The first-order chi connectivity index (χ1) is 8.44. The van der Waals surface area contributed by atoms with Crippen molar-refractivity contribution in [3.05, 3.63) is 23.2 Å². The van der Waals surface area contributed by atoms with Crippen molar-refractivity contribution >= 4 is 21.8 Å². The molecule has 0 radical (unpaired) electrons. The van der Waals surface area contributed by atoms with E-state index in [0.29, 0.717) is 18.7 Å². The highest BCUT2D eigenvalue weighted by Gasteiger charge is 2.38. The highest BCUT2D eigenvalue weighted by molar-refractivity contribution is 7.86. The van der Waals surface area contributed by atoms with Crippen molar-refractivity contribution in [2.75, 3.05) is 20.6 Å². The predicted octanol–water partition coefficient (Wildman–Crippen LogP) is 1.07. The van der Waals surface area contributed by atoms with Gasteiger partial charge in [-0.15, -0.1) is 0 Å². The van der Waals surface area contributed by atoms with Crippen molar-refractivity contribution in [2.45, 2.75) is 18.9 Å². The number of nitrogens with zero attached hydrogens (tertiary/aromatic N) is 4. The van der Waals surface area contributed by atoms with E-state index in [1.165, 1.54) is 35.1 Å². The topological polar surface area (TPSA) is 66.4 Å². The number of aromatic nitrogens is 2. The maximum atomic E-state index is 12.2. The standard InChI is InChI=1S/C10H15ClN4O2S/c1-14(2)18(16,17)15-7-3-4-8(15)9-10(11)13-6-5-12-9/h5-6,8H,3-4,7H2,1-2H3/t8-/m0/s1. The molecule has 2 rings (SSSR count). The van der Waals surface area contributed by atoms with Crippen LogP contribution in [0.4, 0.5) is 0 Å². The summed E-state index contributed by atoms with van der Waals surface area (Å²) in [5.74, 6) is 0. The molecular weight excluding hydrogens is 276 g/mol. The molecule has 1 aromatic heterocycles. The fraction of sp³-hybridized carbons (Fsp3) is 0.600. The lowest BCUT2D eigenvalue weighted by Gasteiger charge is -2.26. The Labute approximate surface area is 112 Å². The number of rotatable bonds is 3. The molecule has 0 aromatic carbocycles. The monoisotopic (exact) mass is 290 g/mol. The smallest absolute Gasteiger partial charge is 0.255 e. The Hall–Kier alpha value is -0.760. The molecule has 0 bridgehead atoms. The summed E-state index contributed by atoms with van der Waals surface area (Å²) in [5.41, 5.74) is 0.530. The molecule has 1 atom stereocenters. The number of hydrogen-bond acceptors (Lipinski definition) is 4. The van der Waals surface area contributed by atoms with Gasteiger partial charge < -0.3 is 0 Å². The van der Waals surface area contributed by atoms with Crippen LogP contribution >= 0.6 is 11.6 Å². The molecule has 0 spiro atoms. The van der Waals surface area contributed by atoms with Crippen LogP contribution in [0.2, 0.25) is 5.15 Å². The summed E-state index contributed by atoms with van der Waals surface area (Å²) in [7, 11) is -0.417. The van der Waals surface area contributed by atoms with Gasteiger partial charge in [0, 0.05) is 33.0 Å². The summed E-state index contributed by atoms with van der Waals surface area (Å²) in [6.07, 6.45) is 4.53. The van der Waals surface area contributed by atoms with Crippen molar-refractivity contribution in [3.63, 3.8) is 0 Å². The van der Waals surface area contributed by atoms with E-state index in [0.717, 1.165) is 6.42 Å². The highest BCUT2D eigenvalue weighted by atomic mass is 35.5. The van der Waals surface area contributed by atoms with Gasteiger partial charge in [0.2, 0.25) is 0 Å². The fourth-order valence-corrected chi connectivity index (χ4v) is 3.59. The van der Waals surface area contributed by atoms with E-state index in [9.17, 15) is 8.42 Å². The van der Waals surface area contributed by atoms with Gasteiger partial charge >= 0.3 is 0 Å². The minimum atomic E-state index is -3.45. The lowest BCUT2D eigenvalue weighted by Crippen LogP contribution is -2.39. The maximum Gasteiger partial charge on any atom is 0.282 e. The molecule has 0 unspecified atom stereocenters. The molecule has 1 aliphatic heterocycles. The summed E-state index contributed by atoms with van der Waals surface area (Å²) in [5, 5.41) is 0.267. The van der Waals surface area contributed by atoms with Crippen LogP contribution in [0.1, 0.15) is 24.6 Å². The maximum absolute atomic E-state index is 12.2. The molecule has 1 aromatic rings. The lowest BCUT2D eigenvalue weighted by molar-refractivity contribution is 0.357. The summed E-state index contributed by atoms with van der Waals surface area (Å²) in [6.45, 7) is 0.484. The van der Waals surface area contributed by atoms with Gasteiger partial charge in [-0.1, -0.05) is 11.6 Å². The second-order valence-corrected chi connectivity index (χ2v) is 6.74. The molecule has 100 valence electrons. The van der Waals surface area contributed by atoms with Gasteiger partial charge in [0.1, 0.15) is 0 Å². The zero-order valence-corrected chi connectivity index (χ0v) is 11.8. The van der Waals surface area contributed by atoms with Gasteiger partial charge in [-0.3, -0.25) is 4.98 Å². The van der Waals surface area contributed by atoms with E-state index in [-0.39, 0.29) is 11.2 Å². The molecule has 0 N–H and O–H groups in total. The van der Waals surface area contributed by atoms with Crippen LogP contribution < -0.4 is 0 Å².